The topological polar surface area (TPSA) is 106 Å². The molecule has 2 saturated carbocycles. The summed E-state index contributed by atoms with van der Waals surface area (Å²) >= 11 is 0. The van der Waals surface area contributed by atoms with Crippen molar-refractivity contribution < 1.29 is 9.53 Å². The van der Waals surface area contributed by atoms with Crippen molar-refractivity contribution in [1.29, 1.82) is 0 Å². The van der Waals surface area contributed by atoms with Gasteiger partial charge < -0.3 is 10.1 Å². The number of nitrogens with one attached hydrogen (secondary N) is 2. The van der Waals surface area contributed by atoms with Crippen LogP contribution in [0.15, 0.2) is 39.9 Å². The molecule has 0 radical (unpaired) electrons. The molecule has 1 atom stereocenters. The van der Waals surface area contributed by atoms with Gasteiger partial charge >= 0.3 is 5.69 Å². The van der Waals surface area contributed by atoms with E-state index in [1.807, 2.05) is 31.2 Å². The second kappa shape index (κ2) is 8.50. The first-order valence-corrected chi connectivity index (χ1v) is 11.6. The Kier molecular flexibility index (Phi) is 5.52. The molecule has 2 aliphatic rings. The summed E-state index contributed by atoms with van der Waals surface area (Å²) in [4.78, 5) is 46.0. The van der Waals surface area contributed by atoms with Crippen molar-refractivity contribution in [2.45, 2.75) is 57.5 Å². The molecule has 0 aliphatic heterocycles. The summed E-state index contributed by atoms with van der Waals surface area (Å²) in [6.07, 6.45) is 4.78. The van der Waals surface area contributed by atoms with Gasteiger partial charge in [-0.3, -0.25) is 19.1 Å². The number of H-pyrrole nitrogens is 1. The number of benzene rings is 1. The van der Waals surface area contributed by atoms with Crippen LogP contribution in [0.3, 0.4) is 0 Å². The number of aryl methyl sites for hydroxylation is 1. The van der Waals surface area contributed by atoms with Crippen molar-refractivity contribution in [3.05, 3.63) is 68.0 Å². The molecular formula is C25H28N4O4. The number of pyridine rings is 1. The number of hydrogen-bond donors (Lipinski definition) is 2. The minimum Gasteiger partial charge on any atom is -0.497 e. The maximum absolute atomic E-state index is 13.6. The number of amides is 1. The number of ether oxygens (including phenoxy) is 1. The Morgan fingerprint density at radius 1 is 1.21 bits per heavy atom. The van der Waals surface area contributed by atoms with E-state index in [0.717, 1.165) is 42.7 Å². The second-order valence-corrected chi connectivity index (χ2v) is 9.04. The highest BCUT2D eigenvalue weighted by molar-refractivity contribution is 6.05. The molecule has 2 aliphatic carbocycles. The zero-order valence-corrected chi connectivity index (χ0v) is 18.9. The van der Waals surface area contributed by atoms with Crippen molar-refractivity contribution in [2.75, 3.05) is 7.11 Å². The summed E-state index contributed by atoms with van der Waals surface area (Å²) in [5.74, 6) is 1.07. The molecule has 172 valence electrons. The summed E-state index contributed by atoms with van der Waals surface area (Å²) in [6, 6.07) is 9.29. The number of hydrogen-bond acceptors (Lipinski definition) is 5. The van der Waals surface area contributed by atoms with Crippen LogP contribution < -0.4 is 21.3 Å². The Morgan fingerprint density at radius 3 is 2.55 bits per heavy atom. The molecule has 5 rings (SSSR count). The Morgan fingerprint density at radius 2 is 1.94 bits per heavy atom. The lowest BCUT2D eigenvalue weighted by Crippen LogP contribution is -2.35. The van der Waals surface area contributed by atoms with Crippen LogP contribution in [0.5, 0.6) is 5.75 Å². The predicted molar refractivity (Wildman–Crippen MR) is 125 cm³/mol. The average Bonchev–Trinajstić information content (AvgIpc) is 3.72. The second-order valence-electron chi connectivity index (χ2n) is 9.04. The monoisotopic (exact) mass is 448 g/mol. The Bertz CT molecular complexity index is 1320. The fourth-order valence-electron chi connectivity index (χ4n) is 4.42. The number of aromatic nitrogens is 3. The summed E-state index contributed by atoms with van der Waals surface area (Å²) in [5, 5.41) is 3.35. The van der Waals surface area contributed by atoms with Crippen molar-refractivity contribution in [3.8, 4) is 5.75 Å². The van der Waals surface area contributed by atoms with Gasteiger partial charge in [-0.05, 0) is 61.8 Å². The van der Waals surface area contributed by atoms with E-state index in [1.165, 1.54) is 4.57 Å². The number of methoxy groups -OCH3 is 1. The molecule has 1 amide bonds. The maximum atomic E-state index is 13.6. The van der Waals surface area contributed by atoms with Crippen LogP contribution in [0.2, 0.25) is 0 Å². The van der Waals surface area contributed by atoms with Gasteiger partial charge in [0.25, 0.3) is 11.5 Å². The van der Waals surface area contributed by atoms with E-state index < -0.39 is 11.2 Å². The smallest absolute Gasteiger partial charge is 0.329 e. The number of rotatable bonds is 8. The number of carbonyl (C=O) groups excluding carboxylic acids is 1. The lowest BCUT2D eigenvalue weighted by Gasteiger charge is -2.20. The van der Waals surface area contributed by atoms with Gasteiger partial charge in [0.05, 0.1) is 24.1 Å². The summed E-state index contributed by atoms with van der Waals surface area (Å²) in [6.45, 7) is 2.38. The number of aromatic amines is 1. The molecule has 0 unspecified atom stereocenters. The van der Waals surface area contributed by atoms with E-state index in [-0.39, 0.29) is 28.8 Å². The highest BCUT2D eigenvalue weighted by Crippen LogP contribution is 2.42. The van der Waals surface area contributed by atoms with Crippen LogP contribution in [0.25, 0.3) is 11.0 Å². The molecular weight excluding hydrogens is 420 g/mol. The zero-order valence-electron chi connectivity index (χ0n) is 18.9. The standard InChI is InChI=1S/C25H28N4O4/c1-3-12-29-22-20(24(31)28-25(29)32)18(13-19(26-22)14-4-5-14)23(30)27-21(15-6-7-15)16-8-10-17(33-2)11-9-16/h8-11,13-15,21H,3-7,12H2,1-2H3,(H,27,30)(H,28,31,32)/t21-/m0/s1. The van der Waals surface area contributed by atoms with Gasteiger partial charge in [-0.2, -0.15) is 0 Å². The summed E-state index contributed by atoms with van der Waals surface area (Å²) in [5.41, 5.74) is 1.30. The van der Waals surface area contributed by atoms with Gasteiger partial charge in [0.2, 0.25) is 0 Å². The van der Waals surface area contributed by atoms with Crippen molar-refractivity contribution in [2.24, 2.45) is 5.92 Å². The summed E-state index contributed by atoms with van der Waals surface area (Å²) in [7, 11) is 1.62. The zero-order chi connectivity index (χ0) is 23.1. The van der Waals surface area contributed by atoms with Crippen LogP contribution in [0, 0.1) is 5.92 Å². The average molecular weight is 449 g/mol. The van der Waals surface area contributed by atoms with E-state index in [2.05, 4.69) is 15.3 Å². The van der Waals surface area contributed by atoms with Gasteiger partial charge in [0.15, 0.2) is 5.65 Å². The molecule has 2 heterocycles. The summed E-state index contributed by atoms with van der Waals surface area (Å²) < 4.78 is 6.73. The number of nitrogens with zero attached hydrogens (tertiary/aromatic N) is 2. The highest BCUT2D eigenvalue weighted by atomic mass is 16.5. The fourth-order valence-corrected chi connectivity index (χ4v) is 4.42. The van der Waals surface area contributed by atoms with Crippen LogP contribution in [0.1, 0.15) is 72.6 Å². The number of carbonyl (C=O) groups is 1. The molecule has 2 fully saturated rings. The molecule has 33 heavy (non-hydrogen) atoms. The van der Waals surface area contributed by atoms with Crippen molar-refractivity contribution in [3.63, 3.8) is 0 Å². The molecule has 0 saturated heterocycles. The first kappa shape index (κ1) is 21.4. The minimum absolute atomic E-state index is 0.156. The van der Waals surface area contributed by atoms with Crippen LogP contribution in [-0.4, -0.2) is 27.6 Å². The van der Waals surface area contributed by atoms with Crippen molar-refractivity contribution in [1.82, 2.24) is 19.9 Å². The van der Waals surface area contributed by atoms with Gasteiger partial charge in [-0.1, -0.05) is 19.1 Å². The molecule has 0 bridgehead atoms. The maximum Gasteiger partial charge on any atom is 0.329 e. The molecule has 2 aromatic heterocycles. The van der Waals surface area contributed by atoms with E-state index in [1.54, 1.807) is 13.2 Å². The van der Waals surface area contributed by atoms with E-state index in [0.29, 0.717) is 24.5 Å². The third-order valence-corrected chi connectivity index (χ3v) is 6.51. The fraction of sp³-hybridized carbons (Fsp3) is 0.440. The third-order valence-electron chi connectivity index (χ3n) is 6.51. The van der Waals surface area contributed by atoms with Gasteiger partial charge in [0.1, 0.15) is 5.75 Å². The first-order valence-electron chi connectivity index (χ1n) is 11.6. The Balaban J connectivity index is 1.59. The Labute approximate surface area is 191 Å². The highest BCUT2D eigenvalue weighted by Gasteiger charge is 2.35. The molecule has 8 heteroatoms. The van der Waals surface area contributed by atoms with Crippen LogP contribution in [-0.2, 0) is 6.54 Å². The number of fused-ring (bicyclic) bond motifs is 1. The largest absolute Gasteiger partial charge is 0.497 e. The third kappa shape index (κ3) is 4.17. The molecule has 2 N–H and O–H groups in total. The van der Waals surface area contributed by atoms with Crippen molar-refractivity contribution >= 4 is 16.9 Å². The lowest BCUT2D eigenvalue weighted by molar-refractivity contribution is 0.0933. The van der Waals surface area contributed by atoms with E-state index >= 15 is 0 Å². The quantitative estimate of drug-likeness (QED) is 0.550. The van der Waals surface area contributed by atoms with Gasteiger partial charge in [0, 0.05) is 18.2 Å². The molecule has 1 aromatic carbocycles. The lowest BCUT2D eigenvalue weighted by atomic mass is 10.0. The van der Waals surface area contributed by atoms with Crippen LogP contribution >= 0.6 is 0 Å². The Hall–Kier alpha value is -3.42. The van der Waals surface area contributed by atoms with E-state index in [9.17, 15) is 14.4 Å². The minimum atomic E-state index is -0.574. The SMILES string of the molecule is CCCn1c(=O)[nH]c(=O)c2c(C(=O)N[C@H](c3ccc(OC)cc3)C3CC3)cc(C3CC3)nc21. The van der Waals surface area contributed by atoms with Gasteiger partial charge in [-0.15, -0.1) is 0 Å². The molecule has 0 spiro atoms. The predicted octanol–water partition coefficient (Wildman–Crippen LogP) is 3.26. The van der Waals surface area contributed by atoms with Gasteiger partial charge in [-0.25, -0.2) is 9.78 Å². The van der Waals surface area contributed by atoms with Crippen LogP contribution in [0.4, 0.5) is 0 Å². The normalized spacial score (nSPS) is 16.5. The first-order chi connectivity index (χ1) is 16.0. The van der Waals surface area contributed by atoms with E-state index in [4.69, 9.17) is 4.74 Å². The molecule has 3 aromatic rings. The molecule has 8 nitrogen and oxygen atoms in total.